The van der Waals surface area contributed by atoms with Crippen LogP contribution in [0.3, 0.4) is 0 Å². The van der Waals surface area contributed by atoms with Crippen LogP contribution in [-0.2, 0) is 0 Å². The highest BCUT2D eigenvalue weighted by Crippen LogP contribution is 2.29. The van der Waals surface area contributed by atoms with Gasteiger partial charge in [-0.3, -0.25) is 9.97 Å². The van der Waals surface area contributed by atoms with Crippen LogP contribution in [0, 0.1) is 0 Å². The third kappa shape index (κ3) is 6.43. The van der Waals surface area contributed by atoms with Crippen molar-refractivity contribution in [2.75, 3.05) is 0 Å². The number of rotatable bonds is 8. The average molecular weight is 735 g/mol. The predicted molar refractivity (Wildman–Crippen MR) is 237 cm³/mol. The fourth-order valence-electron chi connectivity index (χ4n) is 7.91. The van der Waals surface area contributed by atoms with Crippen LogP contribution < -0.4 is 31.1 Å². The van der Waals surface area contributed by atoms with Gasteiger partial charge in [-0.15, -0.1) is 0 Å². The molecule has 0 aliphatic rings. The number of nitrogens with zero attached hydrogens (tertiary/aromatic N) is 2. The van der Waals surface area contributed by atoms with Gasteiger partial charge in [0.2, 0.25) is 0 Å². The Morgan fingerprint density at radius 1 is 0.340 bits per heavy atom. The van der Waals surface area contributed by atoms with E-state index in [1.165, 1.54) is 52.7 Å². The molecule has 2 aromatic heterocycles. The van der Waals surface area contributed by atoms with Gasteiger partial charge in [-0.2, -0.15) is 0 Å². The van der Waals surface area contributed by atoms with Crippen molar-refractivity contribution in [3.63, 3.8) is 0 Å². The van der Waals surface area contributed by atoms with Gasteiger partial charge in [-0.25, -0.2) is 0 Å². The van der Waals surface area contributed by atoms with Crippen molar-refractivity contribution >= 4 is 76.9 Å². The smallest absolute Gasteiger partial charge is 0.179 e. The van der Waals surface area contributed by atoms with E-state index in [-0.39, 0.29) is 0 Å². The van der Waals surface area contributed by atoms with Crippen molar-refractivity contribution < 1.29 is 0 Å². The Hall–Kier alpha value is -5.21. The molecule has 0 unspecified atom stereocenters. The lowest BCUT2D eigenvalue weighted by Gasteiger charge is -2.35. The third-order valence-corrected chi connectivity index (χ3v) is 19.7. The van der Waals surface area contributed by atoms with E-state index in [4.69, 9.17) is 9.97 Å². The molecule has 2 heterocycles. The fourth-order valence-corrected chi connectivity index (χ4v) is 15.0. The Morgan fingerprint density at radius 3 is 1.13 bits per heavy atom. The molecule has 0 saturated carbocycles. The van der Waals surface area contributed by atoms with Crippen molar-refractivity contribution in [2.45, 2.75) is 39.3 Å². The van der Waals surface area contributed by atoms with Crippen molar-refractivity contribution in [1.82, 2.24) is 9.97 Å². The fraction of sp³-hybridized carbons (Fsp3) is 0.125. The number of hydrogen-bond donors (Lipinski definition) is 0. The van der Waals surface area contributed by atoms with Crippen LogP contribution in [0.25, 0.3) is 44.1 Å². The molecule has 6 aromatic carbocycles. The van der Waals surface area contributed by atoms with Crippen LogP contribution in [0.2, 0.25) is 39.3 Å². The molecule has 5 heteroatoms. The number of fused-ring (bicyclic) bond motifs is 2. The molecule has 0 spiro atoms. The predicted octanol–water partition coefficient (Wildman–Crippen LogP) is 8.58. The van der Waals surface area contributed by atoms with Gasteiger partial charge in [0.1, 0.15) is 0 Å². The van der Waals surface area contributed by atoms with Crippen molar-refractivity contribution in [2.24, 2.45) is 0 Å². The largest absolute Gasteiger partial charge is 0.256 e. The van der Waals surface area contributed by atoms with E-state index < -0.39 is 24.2 Å². The van der Waals surface area contributed by atoms with E-state index in [1.54, 1.807) is 0 Å². The normalized spacial score (nSPS) is 12.3. The molecule has 0 amide bonds. The van der Waals surface area contributed by atoms with E-state index in [2.05, 4.69) is 197 Å². The Bertz CT molecular complexity index is 2400. The molecule has 0 radical (unpaired) electrons. The number of hydrogen-bond acceptors (Lipinski definition) is 2. The highest BCUT2D eigenvalue weighted by molar-refractivity contribution is 7.20. The third-order valence-electron chi connectivity index (χ3n) is 10.8. The SMILES string of the molecule is C[Si](C)(C)c1ccc2ccnc(-c3cccc([Si](c4ccccc4)(c4ccccc4)c4cccc(-c5nccc6ccc([Si](C)(C)C)cc56)c4)c3)c2c1. The first-order valence-electron chi connectivity index (χ1n) is 18.6. The molecule has 260 valence electrons. The lowest BCUT2D eigenvalue weighted by atomic mass is 10.0. The molecule has 2 nitrogen and oxygen atoms in total. The minimum absolute atomic E-state index is 1.04. The van der Waals surface area contributed by atoms with Crippen molar-refractivity contribution in [3.8, 4) is 22.5 Å². The Morgan fingerprint density at radius 2 is 0.736 bits per heavy atom. The summed E-state index contributed by atoms with van der Waals surface area (Å²) in [5.74, 6) is 0. The summed E-state index contributed by atoms with van der Waals surface area (Å²) in [6.45, 7) is 14.5. The molecule has 0 atom stereocenters. The van der Waals surface area contributed by atoms with Gasteiger partial charge in [-0.1, -0.05) is 195 Å². The second-order valence-corrected chi connectivity index (χ2v) is 30.3. The van der Waals surface area contributed by atoms with Crippen LogP contribution in [0.1, 0.15) is 0 Å². The molecule has 8 rings (SSSR count). The first kappa shape index (κ1) is 34.9. The van der Waals surface area contributed by atoms with Gasteiger partial charge in [0.15, 0.2) is 8.07 Å². The van der Waals surface area contributed by atoms with Gasteiger partial charge in [-0.05, 0) is 43.7 Å². The standard InChI is InChI=1S/C48H46N2Si3/c1-51(2,3)41-25-23-35-27-29-49-47(45(35)33-41)37-15-13-21-43(31-37)53(39-17-9-7-10-18-39,40-19-11-8-12-20-40)44-22-14-16-38(32-44)48-46-34-42(52(4,5)6)26-24-36(46)28-30-50-48/h7-34H,1-6H3. The molecular weight excluding hydrogens is 689 g/mol. The van der Waals surface area contributed by atoms with E-state index in [1.807, 2.05) is 12.4 Å². The van der Waals surface area contributed by atoms with Gasteiger partial charge in [0.05, 0.1) is 27.5 Å². The van der Waals surface area contributed by atoms with E-state index in [9.17, 15) is 0 Å². The van der Waals surface area contributed by atoms with Crippen LogP contribution >= 0.6 is 0 Å². The second-order valence-electron chi connectivity index (χ2n) is 16.3. The monoisotopic (exact) mass is 734 g/mol. The lowest BCUT2D eigenvalue weighted by molar-refractivity contribution is 1.36. The topological polar surface area (TPSA) is 25.8 Å². The molecular formula is C48H46N2Si3. The zero-order chi connectivity index (χ0) is 36.8. The van der Waals surface area contributed by atoms with E-state index in [0.29, 0.717) is 0 Å². The van der Waals surface area contributed by atoms with Crippen molar-refractivity contribution in [3.05, 3.63) is 170 Å². The average Bonchev–Trinajstić information content (AvgIpc) is 3.18. The number of benzene rings is 6. The molecule has 0 aliphatic carbocycles. The molecule has 0 bridgehead atoms. The quantitative estimate of drug-likeness (QED) is 0.116. The Kier molecular flexibility index (Phi) is 8.97. The molecule has 8 aromatic rings. The summed E-state index contributed by atoms with van der Waals surface area (Å²) >= 11 is 0. The van der Waals surface area contributed by atoms with E-state index >= 15 is 0 Å². The molecule has 0 N–H and O–H groups in total. The van der Waals surface area contributed by atoms with Gasteiger partial charge >= 0.3 is 0 Å². The van der Waals surface area contributed by atoms with E-state index in [0.717, 1.165) is 22.5 Å². The van der Waals surface area contributed by atoms with Crippen LogP contribution in [-0.4, -0.2) is 34.2 Å². The van der Waals surface area contributed by atoms with Gasteiger partial charge < -0.3 is 0 Å². The van der Waals surface area contributed by atoms with Crippen LogP contribution in [0.4, 0.5) is 0 Å². The zero-order valence-electron chi connectivity index (χ0n) is 31.6. The first-order valence-corrected chi connectivity index (χ1v) is 27.6. The minimum atomic E-state index is -2.89. The van der Waals surface area contributed by atoms with Crippen molar-refractivity contribution in [1.29, 1.82) is 0 Å². The summed E-state index contributed by atoms with van der Waals surface area (Å²) in [7, 11) is -5.96. The molecule has 0 aliphatic heterocycles. The second kappa shape index (κ2) is 13.6. The zero-order valence-corrected chi connectivity index (χ0v) is 34.6. The summed E-state index contributed by atoms with van der Waals surface area (Å²) in [6.07, 6.45) is 3.93. The highest BCUT2D eigenvalue weighted by Gasteiger charge is 2.42. The summed E-state index contributed by atoms with van der Waals surface area (Å²) in [6, 6.07) is 59.3. The Labute approximate surface area is 317 Å². The maximum Gasteiger partial charge on any atom is 0.179 e. The molecule has 0 fully saturated rings. The summed E-state index contributed by atoms with van der Waals surface area (Å²) in [5.41, 5.74) is 4.38. The summed E-state index contributed by atoms with van der Waals surface area (Å²) < 4.78 is 0. The lowest BCUT2D eigenvalue weighted by Crippen LogP contribution is -2.74. The number of pyridine rings is 2. The summed E-state index contributed by atoms with van der Waals surface area (Å²) in [4.78, 5) is 10.1. The maximum atomic E-state index is 5.07. The Balaban J connectivity index is 1.40. The first-order chi connectivity index (χ1) is 25.5. The highest BCUT2D eigenvalue weighted by atomic mass is 28.3. The van der Waals surface area contributed by atoms with Gasteiger partial charge in [0.25, 0.3) is 0 Å². The number of aromatic nitrogens is 2. The maximum absolute atomic E-state index is 5.07. The molecule has 53 heavy (non-hydrogen) atoms. The van der Waals surface area contributed by atoms with Gasteiger partial charge in [0, 0.05) is 34.3 Å². The van der Waals surface area contributed by atoms with Crippen LogP contribution in [0.15, 0.2) is 170 Å². The summed E-state index contributed by atoms with van der Waals surface area (Å²) in [5, 5.41) is 13.1. The molecule has 0 saturated heterocycles. The van der Waals surface area contributed by atoms with Crippen LogP contribution in [0.5, 0.6) is 0 Å². The minimum Gasteiger partial charge on any atom is -0.256 e.